The van der Waals surface area contributed by atoms with Crippen molar-refractivity contribution in [1.82, 2.24) is 20.1 Å². The zero-order valence-corrected chi connectivity index (χ0v) is 17.2. The number of nitrogens with one attached hydrogen (secondary N) is 1. The van der Waals surface area contributed by atoms with Crippen LogP contribution in [0, 0.1) is 23.5 Å². The fraction of sp³-hybridized carbons (Fsp3) is 0.227. The molecule has 1 aromatic carbocycles. The number of halogens is 4. The van der Waals surface area contributed by atoms with Crippen molar-refractivity contribution in [3.63, 3.8) is 0 Å². The molecule has 0 fully saturated rings. The second-order valence-electron chi connectivity index (χ2n) is 7.12. The van der Waals surface area contributed by atoms with Gasteiger partial charge in [-0.05, 0) is 19.1 Å². The molecule has 2 amide bonds. The summed E-state index contributed by atoms with van der Waals surface area (Å²) in [6.45, 7) is -0.780. The summed E-state index contributed by atoms with van der Waals surface area (Å²) < 4.78 is 58.5. The van der Waals surface area contributed by atoms with Gasteiger partial charge in [0.05, 0.1) is 24.3 Å². The summed E-state index contributed by atoms with van der Waals surface area (Å²) in [6, 6.07) is 3.46. The van der Waals surface area contributed by atoms with Gasteiger partial charge >= 0.3 is 12.6 Å². The number of alkyl halides is 2. The molecule has 1 N–H and O–H groups in total. The van der Waals surface area contributed by atoms with Gasteiger partial charge in [-0.3, -0.25) is 4.90 Å². The summed E-state index contributed by atoms with van der Waals surface area (Å²) >= 11 is 0. The molecular formula is C22H17F4N5O2. The van der Waals surface area contributed by atoms with Crippen molar-refractivity contribution in [3.05, 3.63) is 71.2 Å². The Bertz CT molecular complexity index is 1250. The highest BCUT2D eigenvalue weighted by Crippen LogP contribution is 2.30. The first kappa shape index (κ1) is 22.1. The first-order chi connectivity index (χ1) is 15.8. The molecule has 0 bridgehead atoms. The summed E-state index contributed by atoms with van der Waals surface area (Å²) in [5.41, 5.74) is 1.19. The Morgan fingerprint density at radius 2 is 1.97 bits per heavy atom. The zero-order valence-electron chi connectivity index (χ0n) is 17.2. The normalized spacial score (nSPS) is 13.6. The third-order valence-electron chi connectivity index (χ3n) is 4.84. The minimum absolute atomic E-state index is 0.139. The zero-order chi connectivity index (χ0) is 23.5. The minimum atomic E-state index is -2.76. The Labute approximate surface area is 186 Å². The highest BCUT2D eigenvalue weighted by atomic mass is 19.3. The molecule has 11 heteroatoms. The van der Waals surface area contributed by atoms with Crippen LogP contribution < -0.4 is 15.0 Å². The lowest BCUT2D eigenvalue weighted by Gasteiger charge is -2.30. The van der Waals surface area contributed by atoms with Crippen LogP contribution in [-0.4, -0.2) is 33.9 Å². The number of pyridine rings is 1. The highest BCUT2D eigenvalue weighted by molar-refractivity contribution is 5.94. The fourth-order valence-electron chi connectivity index (χ4n) is 3.23. The molecule has 0 saturated carbocycles. The smallest absolute Gasteiger partial charge is 0.333 e. The Kier molecular flexibility index (Phi) is 6.17. The molecule has 1 atom stereocenters. The van der Waals surface area contributed by atoms with Crippen LogP contribution in [-0.2, 0) is 0 Å². The van der Waals surface area contributed by atoms with Gasteiger partial charge in [0.1, 0.15) is 23.9 Å². The maximum atomic E-state index is 14.1. The van der Waals surface area contributed by atoms with Crippen molar-refractivity contribution in [1.29, 1.82) is 0 Å². The van der Waals surface area contributed by atoms with E-state index in [0.29, 0.717) is 15.9 Å². The van der Waals surface area contributed by atoms with Crippen molar-refractivity contribution in [2.75, 3.05) is 18.1 Å². The van der Waals surface area contributed by atoms with Crippen LogP contribution in [0.3, 0.4) is 0 Å². The predicted molar refractivity (Wildman–Crippen MR) is 110 cm³/mol. The summed E-state index contributed by atoms with van der Waals surface area (Å²) in [5, 5.41) is 6.20. The van der Waals surface area contributed by atoms with Gasteiger partial charge in [0, 0.05) is 29.6 Å². The van der Waals surface area contributed by atoms with E-state index >= 15 is 0 Å². The molecular weight excluding hydrogens is 442 g/mol. The lowest BCUT2D eigenvalue weighted by atomic mass is 10.1. The largest absolute Gasteiger partial charge is 0.474 e. The number of ether oxygens (including phenoxy) is 1. The van der Waals surface area contributed by atoms with Crippen LogP contribution >= 0.6 is 0 Å². The van der Waals surface area contributed by atoms with E-state index < -0.39 is 30.3 Å². The number of rotatable bonds is 3. The second-order valence-corrected chi connectivity index (χ2v) is 7.12. The maximum absolute atomic E-state index is 14.1. The van der Waals surface area contributed by atoms with E-state index in [1.54, 1.807) is 13.0 Å². The number of nitrogens with zero attached hydrogens (tertiary/aromatic N) is 4. The predicted octanol–water partition coefficient (Wildman–Crippen LogP) is 4.02. The second kappa shape index (κ2) is 9.20. The number of fused-ring (bicyclic) bond motifs is 1. The lowest BCUT2D eigenvalue weighted by Crippen LogP contribution is -2.45. The third-order valence-corrected chi connectivity index (χ3v) is 4.84. The third kappa shape index (κ3) is 4.90. The van der Waals surface area contributed by atoms with Gasteiger partial charge in [-0.15, -0.1) is 0 Å². The van der Waals surface area contributed by atoms with E-state index in [2.05, 4.69) is 27.2 Å². The van der Waals surface area contributed by atoms with Crippen molar-refractivity contribution in [2.24, 2.45) is 0 Å². The van der Waals surface area contributed by atoms with Gasteiger partial charge < -0.3 is 10.1 Å². The molecule has 3 heterocycles. The standard InChI is InChI=1S/C22H17F4N5O2/c1-13(17-5-4-16(23)9-18(17)24)29-22(32)30-6-7-33-20-19(30)8-14(10-27-20)2-3-15-11-28-31(12-15)21(25)26/h4-5,8-13,21H,6-7H2,1H3,(H,29,32)/t13-/m0/s1. The SMILES string of the molecule is C[C@H](NC(=O)N1CCOc2ncc(C#Cc3cnn(C(F)F)c3)cc21)c1ccc(F)cc1F. The molecule has 1 aliphatic rings. The molecule has 33 heavy (non-hydrogen) atoms. The van der Waals surface area contributed by atoms with Crippen LogP contribution in [0.25, 0.3) is 0 Å². The minimum Gasteiger partial charge on any atom is -0.474 e. The van der Waals surface area contributed by atoms with E-state index in [1.165, 1.54) is 23.4 Å². The van der Waals surface area contributed by atoms with Crippen LogP contribution in [0.1, 0.15) is 36.2 Å². The molecule has 0 saturated heterocycles. The first-order valence-corrected chi connectivity index (χ1v) is 9.82. The van der Waals surface area contributed by atoms with E-state index in [0.717, 1.165) is 18.3 Å². The molecule has 2 aromatic heterocycles. The molecule has 0 radical (unpaired) electrons. The molecule has 7 nitrogen and oxygen atoms in total. The Hall–Kier alpha value is -4.07. The number of aromatic nitrogens is 3. The summed E-state index contributed by atoms with van der Waals surface area (Å²) in [5.74, 6) is 4.25. The van der Waals surface area contributed by atoms with Crippen molar-refractivity contribution in [3.8, 4) is 17.7 Å². The maximum Gasteiger partial charge on any atom is 0.333 e. The molecule has 3 aromatic rings. The Morgan fingerprint density at radius 3 is 2.70 bits per heavy atom. The van der Waals surface area contributed by atoms with Gasteiger partial charge in [0.25, 0.3) is 0 Å². The first-order valence-electron chi connectivity index (χ1n) is 9.82. The number of benzene rings is 1. The number of carbonyl (C=O) groups excluding carboxylic acids is 1. The van der Waals surface area contributed by atoms with E-state index in [4.69, 9.17) is 4.74 Å². The number of hydrogen-bond acceptors (Lipinski definition) is 4. The van der Waals surface area contributed by atoms with Crippen LogP contribution in [0.2, 0.25) is 0 Å². The van der Waals surface area contributed by atoms with Crippen molar-refractivity contribution in [2.45, 2.75) is 19.5 Å². The molecule has 0 spiro atoms. The van der Waals surface area contributed by atoms with Crippen LogP contribution in [0.15, 0.2) is 42.9 Å². The average molecular weight is 459 g/mol. The summed E-state index contributed by atoms with van der Waals surface area (Å²) in [7, 11) is 0. The van der Waals surface area contributed by atoms with E-state index in [-0.39, 0.29) is 30.2 Å². The summed E-state index contributed by atoms with van der Waals surface area (Å²) in [6.07, 6.45) is 3.76. The van der Waals surface area contributed by atoms with Crippen molar-refractivity contribution >= 4 is 11.7 Å². The van der Waals surface area contributed by atoms with Crippen molar-refractivity contribution < 1.29 is 27.1 Å². The average Bonchev–Trinajstić information content (AvgIpc) is 3.26. The number of urea groups is 1. The molecule has 170 valence electrons. The van der Waals surface area contributed by atoms with E-state index in [9.17, 15) is 22.4 Å². The molecule has 0 aliphatic carbocycles. The topological polar surface area (TPSA) is 72.3 Å². The van der Waals surface area contributed by atoms with Gasteiger partial charge in [0.15, 0.2) is 0 Å². The van der Waals surface area contributed by atoms with Gasteiger partial charge in [-0.1, -0.05) is 17.9 Å². The number of amides is 2. The number of carbonyl (C=O) groups is 1. The molecule has 0 unspecified atom stereocenters. The van der Waals surface area contributed by atoms with Gasteiger partial charge in [-0.25, -0.2) is 23.2 Å². The Morgan fingerprint density at radius 1 is 1.18 bits per heavy atom. The highest BCUT2D eigenvalue weighted by Gasteiger charge is 2.27. The van der Waals surface area contributed by atoms with E-state index in [1.807, 2.05) is 0 Å². The fourth-order valence-corrected chi connectivity index (χ4v) is 3.23. The number of anilines is 1. The molecule has 1 aliphatic heterocycles. The quantitative estimate of drug-likeness (QED) is 0.475. The lowest BCUT2D eigenvalue weighted by molar-refractivity contribution is 0.0566. The molecule has 4 rings (SSSR count). The Balaban J connectivity index is 1.54. The van der Waals surface area contributed by atoms with Crippen LogP contribution in [0.4, 0.5) is 28.0 Å². The monoisotopic (exact) mass is 459 g/mol. The summed E-state index contributed by atoms with van der Waals surface area (Å²) in [4.78, 5) is 18.4. The van der Waals surface area contributed by atoms with Gasteiger partial charge in [-0.2, -0.15) is 13.9 Å². The number of hydrogen-bond donors (Lipinski definition) is 1. The van der Waals surface area contributed by atoms with Crippen LogP contribution in [0.5, 0.6) is 5.88 Å². The van der Waals surface area contributed by atoms with Gasteiger partial charge in [0.2, 0.25) is 5.88 Å².